The number of nitrogens with zero attached hydrogens (tertiary/aromatic N) is 4. The number of pyridine rings is 1. The highest BCUT2D eigenvalue weighted by Gasteiger charge is 2.33. The van der Waals surface area contributed by atoms with Crippen LogP contribution in [0, 0.1) is 5.82 Å². The van der Waals surface area contributed by atoms with Crippen molar-refractivity contribution in [3.05, 3.63) is 33.9 Å². The second-order valence-electron chi connectivity index (χ2n) is 9.23. The van der Waals surface area contributed by atoms with Gasteiger partial charge in [0.25, 0.3) is 0 Å². The lowest BCUT2D eigenvalue weighted by atomic mass is 10.1. The zero-order valence-electron chi connectivity index (χ0n) is 20.3. The number of amides is 1. The highest BCUT2D eigenvalue weighted by atomic mass is 19.1. The molecule has 1 saturated carbocycles. The van der Waals surface area contributed by atoms with E-state index in [2.05, 4.69) is 15.4 Å². The second kappa shape index (κ2) is 9.65. The van der Waals surface area contributed by atoms with Gasteiger partial charge in [-0.1, -0.05) is 0 Å². The van der Waals surface area contributed by atoms with Crippen molar-refractivity contribution >= 4 is 34.2 Å². The number of aromatic nitrogens is 1. The third kappa shape index (κ3) is 4.86. The van der Waals surface area contributed by atoms with E-state index in [0.717, 1.165) is 24.6 Å². The summed E-state index contributed by atoms with van der Waals surface area (Å²) >= 11 is 0. The summed E-state index contributed by atoms with van der Waals surface area (Å²) in [5.74, 6) is -1.95. The van der Waals surface area contributed by atoms with Gasteiger partial charge in [0.2, 0.25) is 11.3 Å². The van der Waals surface area contributed by atoms with E-state index in [1.807, 2.05) is 18.7 Å². The van der Waals surface area contributed by atoms with Crippen LogP contribution in [0.2, 0.25) is 0 Å². The van der Waals surface area contributed by atoms with E-state index in [4.69, 9.17) is 4.74 Å². The molecule has 1 saturated heterocycles. The highest BCUT2D eigenvalue weighted by Crippen LogP contribution is 2.44. The van der Waals surface area contributed by atoms with Crippen LogP contribution in [-0.4, -0.2) is 71.5 Å². The number of hydrazone groups is 1. The lowest BCUT2D eigenvalue weighted by Gasteiger charge is -2.41. The molecule has 1 atom stereocenters. The van der Waals surface area contributed by atoms with Crippen LogP contribution in [0.25, 0.3) is 10.9 Å². The van der Waals surface area contributed by atoms with Crippen molar-refractivity contribution < 1.29 is 23.8 Å². The molecule has 2 aliphatic rings. The predicted molar refractivity (Wildman–Crippen MR) is 130 cm³/mol. The fourth-order valence-corrected chi connectivity index (χ4v) is 4.66. The molecule has 1 unspecified atom stereocenters. The maximum Gasteiger partial charge on any atom is 0.341 e. The second-order valence-corrected chi connectivity index (χ2v) is 9.23. The molecular weight excluding hydrogens is 457 g/mol. The lowest BCUT2D eigenvalue weighted by molar-refractivity contribution is -0.118. The van der Waals surface area contributed by atoms with Gasteiger partial charge in [-0.15, -0.1) is 0 Å². The van der Waals surface area contributed by atoms with Gasteiger partial charge in [-0.25, -0.2) is 14.6 Å². The molecule has 11 heteroatoms. The number of methoxy groups -OCH3 is 1. The zero-order valence-corrected chi connectivity index (χ0v) is 20.3. The number of piperazine rings is 1. The normalized spacial score (nSPS) is 19.2. The molecule has 2 N–H and O–H groups in total. The molecular formula is C24H30FN5O5. The number of rotatable bonds is 7. The van der Waals surface area contributed by atoms with E-state index in [9.17, 15) is 19.5 Å². The average molecular weight is 488 g/mol. The monoisotopic (exact) mass is 487 g/mol. The fraction of sp³-hybridized carbons (Fsp3) is 0.500. The van der Waals surface area contributed by atoms with Gasteiger partial charge in [-0.2, -0.15) is 5.10 Å². The number of ether oxygens (including phenoxy) is 1. The first-order valence-corrected chi connectivity index (χ1v) is 11.6. The Balaban J connectivity index is 1.71. The molecule has 1 amide bonds. The van der Waals surface area contributed by atoms with Gasteiger partial charge in [0, 0.05) is 57.1 Å². The Morgan fingerprint density at radius 3 is 2.57 bits per heavy atom. The van der Waals surface area contributed by atoms with Gasteiger partial charge in [-0.05, 0) is 32.8 Å². The van der Waals surface area contributed by atoms with Crippen molar-refractivity contribution in [1.29, 1.82) is 0 Å². The molecule has 10 nitrogen and oxygen atoms in total. The standard InChI is InChI=1S/C24H30FN5O5/c1-13(26-27-15(3)31)10-28-7-8-29(11-14(28)2)21-19(25)9-17-20(23(21)35-4)30(16-5-6-16)12-18(22(17)32)24(33)34/h9,12,14,16H,5-8,10-11H2,1-4H3,(H,27,31)(H,33,34)/b26-13+. The van der Waals surface area contributed by atoms with Crippen molar-refractivity contribution in [2.45, 2.75) is 45.7 Å². The number of halogens is 1. The average Bonchev–Trinajstić information content (AvgIpc) is 3.64. The first-order chi connectivity index (χ1) is 16.6. The Bertz CT molecular complexity index is 1270. The molecule has 2 heterocycles. The summed E-state index contributed by atoms with van der Waals surface area (Å²) in [6.45, 7) is 7.47. The predicted octanol–water partition coefficient (Wildman–Crippen LogP) is 2.20. The number of hydrogen-bond donors (Lipinski definition) is 2. The van der Waals surface area contributed by atoms with Gasteiger partial charge in [-0.3, -0.25) is 14.5 Å². The molecule has 1 aromatic carbocycles. The number of carboxylic acids is 1. The number of hydrogen-bond acceptors (Lipinski definition) is 7. The van der Waals surface area contributed by atoms with E-state index in [-0.39, 0.29) is 40.4 Å². The number of anilines is 1. The maximum absolute atomic E-state index is 15.5. The third-order valence-corrected chi connectivity index (χ3v) is 6.49. The first kappa shape index (κ1) is 24.6. The summed E-state index contributed by atoms with van der Waals surface area (Å²) < 4.78 is 23.0. The summed E-state index contributed by atoms with van der Waals surface area (Å²) in [7, 11) is 1.44. The van der Waals surface area contributed by atoms with E-state index in [1.54, 1.807) is 4.57 Å². The molecule has 0 radical (unpaired) electrons. The third-order valence-electron chi connectivity index (χ3n) is 6.49. The highest BCUT2D eigenvalue weighted by molar-refractivity contribution is 5.97. The summed E-state index contributed by atoms with van der Waals surface area (Å²) in [5, 5.41) is 13.6. The maximum atomic E-state index is 15.5. The minimum atomic E-state index is -1.34. The first-order valence-electron chi connectivity index (χ1n) is 11.6. The van der Waals surface area contributed by atoms with Crippen LogP contribution < -0.4 is 20.5 Å². The minimum Gasteiger partial charge on any atom is -0.492 e. The largest absolute Gasteiger partial charge is 0.492 e. The fourth-order valence-electron chi connectivity index (χ4n) is 4.66. The number of fused-ring (bicyclic) bond motifs is 1. The van der Waals surface area contributed by atoms with Gasteiger partial charge < -0.3 is 19.3 Å². The Morgan fingerprint density at radius 1 is 1.29 bits per heavy atom. The number of carbonyl (C=O) groups is 2. The Morgan fingerprint density at radius 2 is 2.00 bits per heavy atom. The number of nitrogens with one attached hydrogen (secondary N) is 1. The smallest absolute Gasteiger partial charge is 0.341 e. The molecule has 1 aliphatic heterocycles. The van der Waals surface area contributed by atoms with Gasteiger partial charge in [0.15, 0.2) is 11.6 Å². The zero-order chi connectivity index (χ0) is 25.4. The van der Waals surface area contributed by atoms with Crippen LogP contribution in [-0.2, 0) is 4.79 Å². The number of carbonyl (C=O) groups excluding carboxylic acids is 1. The quantitative estimate of drug-likeness (QED) is 0.454. The van der Waals surface area contributed by atoms with Crippen LogP contribution in [0.1, 0.15) is 50.0 Å². The number of carboxylic acid groups (broad SMARTS) is 1. The molecule has 2 aromatic rings. The molecule has 2 fully saturated rings. The van der Waals surface area contributed by atoms with Gasteiger partial charge in [0.05, 0.1) is 18.0 Å². The lowest BCUT2D eigenvalue weighted by Crippen LogP contribution is -2.53. The van der Waals surface area contributed by atoms with Crippen LogP contribution >= 0.6 is 0 Å². The van der Waals surface area contributed by atoms with Crippen molar-refractivity contribution in [2.24, 2.45) is 5.10 Å². The van der Waals surface area contributed by atoms with Crippen LogP contribution in [0.15, 0.2) is 22.2 Å². The van der Waals surface area contributed by atoms with Crippen LogP contribution in [0.5, 0.6) is 5.75 Å². The molecule has 35 heavy (non-hydrogen) atoms. The molecule has 188 valence electrons. The summed E-state index contributed by atoms with van der Waals surface area (Å²) in [6, 6.07) is 1.23. The van der Waals surface area contributed by atoms with Crippen LogP contribution in [0.4, 0.5) is 10.1 Å². The van der Waals surface area contributed by atoms with Crippen LogP contribution in [0.3, 0.4) is 0 Å². The van der Waals surface area contributed by atoms with Gasteiger partial charge in [0.1, 0.15) is 11.3 Å². The summed E-state index contributed by atoms with van der Waals surface area (Å²) in [6.07, 6.45) is 3.05. The Kier molecular flexibility index (Phi) is 6.79. The van der Waals surface area contributed by atoms with E-state index < -0.39 is 17.2 Å². The minimum absolute atomic E-state index is 0.00592. The Labute approximate surface area is 201 Å². The molecule has 0 spiro atoms. The number of aromatic carboxylic acids is 1. The van der Waals surface area contributed by atoms with Crippen molar-refractivity contribution in [2.75, 3.05) is 38.2 Å². The summed E-state index contributed by atoms with van der Waals surface area (Å²) in [4.78, 5) is 39.7. The molecule has 0 bridgehead atoms. The summed E-state index contributed by atoms with van der Waals surface area (Å²) in [5.41, 5.74) is 2.80. The van der Waals surface area contributed by atoms with E-state index in [1.165, 1.54) is 20.2 Å². The van der Waals surface area contributed by atoms with Crippen molar-refractivity contribution in [3.8, 4) is 5.75 Å². The van der Waals surface area contributed by atoms with Gasteiger partial charge >= 0.3 is 5.97 Å². The molecule has 4 rings (SSSR count). The molecule has 1 aromatic heterocycles. The topological polar surface area (TPSA) is 116 Å². The van der Waals surface area contributed by atoms with E-state index in [0.29, 0.717) is 31.7 Å². The SMILES string of the molecule is COc1c(N2CCN(C/C(C)=N/NC(C)=O)C(C)C2)c(F)cc2c(=O)c(C(=O)O)cn(C3CC3)c12. The Hall–Kier alpha value is -3.47. The van der Waals surface area contributed by atoms with Crippen molar-refractivity contribution in [1.82, 2.24) is 14.9 Å². The van der Waals surface area contributed by atoms with Crippen molar-refractivity contribution in [3.63, 3.8) is 0 Å². The number of benzene rings is 1. The van der Waals surface area contributed by atoms with E-state index >= 15 is 4.39 Å². The molecule has 1 aliphatic carbocycles.